The van der Waals surface area contributed by atoms with Gasteiger partial charge in [0, 0.05) is 13.2 Å². The molecule has 1 aliphatic heterocycles. The molecule has 1 aliphatic rings. The van der Waals surface area contributed by atoms with E-state index in [0.29, 0.717) is 19.0 Å². The maximum atomic E-state index is 12.0. The predicted molar refractivity (Wildman–Crippen MR) is 76.3 cm³/mol. The first kappa shape index (κ1) is 13.1. The molecule has 0 spiro atoms. The molecule has 2 heterocycles. The first-order valence-electron chi connectivity index (χ1n) is 7.07. The average Bonchev–Trinajstić information content (AvgIpc) is 2.90. The van der Waals surface area contributed by atoms with E-state index in [0.717, 1.165) is 37.1 Å². The number of carbonyl (C=O) groups is 1. The van der Waals surface area contributed by atoms with Crippen LogP contribution in [-0.2, 0) is 16.1 Å². The minimum absolute atomic E-state index is 0.0266. The molecule has 1 aromatic carbocycles. The summed E-state index contributed by atoms with van der Waals surface area (Å²) in [6, 6.07) is 7.83. The second-order valence-electron chi connectivity index (χ2n) is 5.25. The van der Waals surface area contributed by atoms with E-state index in [-0.39, 0.29) is 5.91 Å². The quantitative estimate of drug-likeness (QED) is 0.920. The molecule has 5 heteroatoms. The van der Waals surface area contributed by atoms with Crippen molar-refractivity contribution >= 4 is 16.9 Å². The third kappa shape index (κ3) is 2.99. The standard InChI is InChI=1S/C15H19N3O2/c19-15(16-8-12-4-3-7-20-10-12)9-18-11-17-13-5-1-2-6-14(13)18/h1-2,5-6,11-12H,3-4,7-10H2,(H,16,19)/t12-/m0/s1. The van der Waals surface area contributed by atoms with Crippen LogP contribution >= 0.6 is 0 Å². The van der Waals surface area contributed by atoms with Gasteiger partial charge in [-0.25, -0.2) is 4.98 Å². The lowest BCUT2D eigenvalue weighted by Crippen LogP contribution is -2.35. The Morgan fingerprint density at radius 3 is 3.20 bits per heavy atom. The zero-order valence-corrected chi connectivity index (χ0v) is 11.4. The first-order chi connectivity index (χ1) is 9.83. The van der Waals surface area contributed by atoms with Crippen molar-refractivity contribution < 1.29 is 9.53 Å². The van der Waals surface area contributed by atoms with E-state index in [1.54, 1.807) is 6.33 Å². The third-order valence-electron chi connectivity index (χ3n) is 3.68. The number of ether oxygens (including phenoxy) is 1. The van der Waals surface area contributed by atoms with E-state index in [4.69, 9.17) is 4.74 Å². The van der Waals surface area contributed by atoms with Crippen LogP contribution in [0.15, 0.2) is 30.6 Å². The molecule has 0 unspecified atom stereocenters. The van der Waals surface area contributed by atoms with E-state index >= 15 is 0 Å². The lowest BCUT2D eigenvalue weighted by atomic mass is 10.0. The van der Waals surface area contributed by atoms with Crippen molar-refractivity contribution in [3.8, 4) is 0 Å². The predicted octanol–water partition coefficient (Wildman–Crippen LogP) is 1.58. The Balaban J connectivity index is 1.55. The van der Waals surface area contributed by atoms with Gasteiger partial charge in [0.15, 0.2) is 0 Å². The van der Waals surface area contributed by atoms with Gasteiger partial charge in [0.05, 0.1) is 24.0 Å². The van der Waals surface area contributed by atoms with Crippen molar-refractivity contribution in [1.29, 1.82) is 0 Å². The lowest BCUT2D eigenvalue weighted by Gasteiger charge is -2.22. The Morgan fingerprint density at radius 2 is 2.35 bits per heavy atom. The molecule has 20 heavy (non-hydrogen) atoms. The molecule has 1 fully saturated rings. The van der Waals surface area contributed by atoms with Crippen LogP contribution < -0.4 is 5.32 Å². The largest absolute Gasteiger partial charge is 0.381 e. The number of fused-ring (bicyclic) bond motifs is 1. The average molecular weight is 273 g/mol. The van der Waals surface area contributed by atoms with Crippen molar-refractivity contribution in [1.82, 2.24) is 14.9 Å². The molecule has 1 saturated heterocycles. The number of carbonyl (C=O) groups excluding carboxylic acids is 1. The SMILES string of the molecule is O=C(Cn1cnc2ccccc21)NC[C@@H]1CCCOC1. The number of benzene rings is 1. The molecular weight excluding hydrogens is 254 g/mol. The highest BCUT2D eigenvalue weighted by molar-refractivity contribution is 5.80. The number of rotatable bonds is 4. The Labute approximate surface area is 117 Å². The summed E-state index contributed by atoms with van der Waals surface area (Å²) in [6.07, 6.45) is 3.94. The molecule has 0 radical (unpaired) electrons. The Hall–Kier alpha value is -1.88. The molecule has 0 aliphatic carbocycles. The van der Waals surface area contributed by atoms with Crippen molar-refractivity contribution in [3.63, 3.8) is 0 Å². The molecule has 1 atom stereocenters. The van der Waals surface area contributed by atoms with Crippen molar-refractivity contribution in [2.45, 2.75) is 19.4 Å². The van der Waals surface area contributed by atoms with Gasteiger partial charge in [0.2, 0.25) is 5.91 Å². The summed E-state index contributed by atoms with van der Waals surface area (Å²) in [7, 11) is 0. The van der Waals surface area contributed by atoms with Gasteiger partial charge in [-0.2, -0.15) is 0 Å². The van der Waals surface area contributed by atoms with Gasteiger partial charge in [-0.05, 0) is 30.9 Å². The highest BCUT2D eigenvalue weighted by Gasteiger charge is 2.15. The summed E-state index contributed by atoms with van der Waals surface area (Å²) >= 11 is 0. The van der Waals surface area contributed by atoms with Crippen LogP contribution in [0.4, 0.5) is 0 Å². The number of aromatic nitrogens is 2. The van der Waals surface area contributed by atoms with Crippen LogP contribution in [0.3, 0.4) is 0 Å². The van der Waals surface area contributed by atoms with Crippen LogP contribution in [0.2, 0.25) is 0 Å². The zero-order valence-electron chi connectivity index (χ0n) is 11.4. The van der Waals surface area contributed by atoms with Crippen molar-refractivity contribution in [2.24, 2.45) is 5.92 Å². The second-order valence-corrected chi connectivity index (χ2v) is 5.25. The fourth-order valence-electron chi connectivity index (χ4n) is 2.57. The van der Waals surface area contributed by atoms with Crippen LogP contribution in [0, 0.1) is 5.92 Å². The fraction of sp³-hybridized carbons (Fsp3) is 0.467. The zero-order chi connectivity index (χ0) is 13.8. The highest BCUT2D eigenvalue weighted by Crippen LogP contribution is 2.13. The van der Waals surface area contributed by atoms with Gasteiger partial charge in [-0.15, -0.1) is 0 Å². The number of para-hydroxylation sites is 2. The number of hydrogen-bond acceptors (Lipinski definition) is 3. The topological polar surface area (TPSA) is 56.2 Å². The summed E-state index contributed by atoms with van der Waals surface area (Å²) < 4.78 is 7.29. The number of nitrogens with one attached hydrogen (secondary N) is 1. The summed E-state index contributed by atoms with van der Waals surface area (Å²) in [5.41, 5.74) is 1.91. The van der Waals surface area contributed by atoms with Crippen molar-refractivity contribution in [2.75, 3.05) is 19.8 Å². The molecule has 1 aromatic heterocycles. The van der Waals surface area contributed by atoms with E-state index in [2.05, 4.69) is 10.3 Å². The first-order valence-corrected chi connectivity index (χ1v) is 7.07. The summed E-state index contributed by atoms with van der Waals surface area (Å²) in [6.45, 7) is 2.62. The Morgan fingerprint density at radius 1 is 1.45 bits per heavy atom. The van der Waals surface area contributed by atoms with Gasteiger partial charge in [0.1, 0.15) is 6.54 Å². The van der Waals surface area contributed by atoms with Gasteiger partial charge < -0.3 is 14.6 Å². The maximum absolute atomic E-state index is 12.0. The van der Waals surface area contributed by atoms with Crippen LogP contribution in [0.5, 0.6) is 0 Å². The summed E-state index contributed by atoms with van der Waals surface area (Å²) in [5, 5.41) is 2.99. The molecule has 1 amide bonds. The van der Waals surface area contributed by atoms with Gasteiger partial charge in [-0.1, -0.05) is 12.1 Å². The highest BCUT2D eigenvalue weighted by atomic mass is 16.5. The van der Waals surface area contributed by atoms with Crippen LogP contribution in [0.25, 0.3) is 11.0 Å². The van der Waals surface area contributed by atoms with E-state index < -0.39 is 0 Å². The van der Waals surface area contributed by atoms with Crippen LogP contribution in [0.1, 0.15) is 12.8 Å². The third-order valence-corrected chi connectivity index (χ3v) is 3.68. The minimum Gasteiger partial charge on any atom is -0.381 e. The second kappa shape index (κ2) is 6.05. The molecule has 1 N–H and O–H groups in total. The van der Waals surface area contributed by atoms with Crippen LogP contribution in [-0.4, -0.2) is 35.2 Å². The van der Waals surface area contributed by atoms with E-state index in [1.807, 2.05) is 28.8 Å². The Bertz CT molecular complexity index is 588. The van der Waals surface area contributed by atoms with Gasteiger partial charge in [0.25, 0.3) is 0 Å². The normalized spacial score (nSPS) is 19.1. The molecule has 3 rings (SSSR count). The maximum Gasteiger partial charge on any atom is 0.240 e. The van der Waals surface area contributed by atoms with E-state index in [9.17, 15) is 4.79 Å². The minimum atomic E-state index is 0.0266. The van der Waals surface area contributed by atoms with E-state index in [1.165, 1.54) is 0 Å². The van der Waals surface area contributed by atoms with Gasteiger partial charge >= 0.3 is 0 Å². The lowest BCUT2D eigenvalue weighted by molar-refractivity contribution is -0.122. The molecule has 0 saturated carbocycles. The molecule has 5 nitrogen and oxygen atoms in total. The molecular formula is C15H19N3O2. The summed E-state index contributed by atoms with van der Waals surface area (Å²) in [5.74, 6) is 0.478. The Kier molecular flexibility index (Phi) is 3.97. The fourth-order valence-corrected chi connectivity index (χ4v) is 2.57. The molecule has 106 valence electrons. The number of hydrogen-bond donors (Lipinski definition) is 1. The smallest absolute Gasteiger partial charge is 0.240 e. The molecule has 0 bridgehead atoms. The monoisotopic (exact) mass is 273 g/mol. The van der Waals surface area contributed by atoms with Gasteiger partial charge in [-0.3, -0.25) is 4.79 Å². The van der Waals surface area contributed by atoms with Crippen molar-refractivity contribution in [3.05, 3.63) is 30.6 Å². The molecule has 2 aromatic rings. The number of imidazole rings is 1. The number of nitrogens with zero attached hydrogens (tertiary/aromatic N) is 2. The summed E-state index contributed by atoms with van der Waals surface area (Å²) in [4.78, 5) is 16.3. The number of amides is 1.